The van der Waals surface area contributed by atoms with E-state index in [-0.39, 0.29) is 42.2 Å². The molecule has 4 rings (SSSR count). The van der Waals surface area contributed by atoms with Gasteiger partial charge in [-0.25, -0.2) is 4.98 Å². The Labute approximate surface area is 234 Å². The summed E-state index contributed by atoms with van der Waals surface area (Å²) in [6, 6.07) is 20.1. The molecule has 0 atom stereocenters. The van der Waals surface area contributed by atoms with Crippen molar-refractivity contribution in [3.05, 3.63) is 89.9 Å². The maximum absolute atomic E-state index is 11.3. The Balaban J connectivity index is 0.000000371. The zero-order chi connectivity index (χ0) is 29.1. The minimum absolute atomic E-state index is 0.0418. The second kappa shape index (κ2) is 14.0. The predicted octanol–water partition coefficient (Wildman–Crippen LogP) is 4.63. The molecule has 0 unspecified atom stereocenters. The summed E-state index contributed by atoms with van der Waals surface area (Å²) in [7, 11) is -1.41. The molecule has 1 N–H and O–H groups in total. The van der Waals surface area contributed by atoms with Gasteiger partial charge in [0.2, 0.25) is 11.6 Å². The van der Waals surface area contributed by atoms with E-state index in [2.05, 4.69) is 65.4 Å². The second-order valence-corrected chi connectivity index (χ2v) is 9.82. The van der Waals surface area contributed by atoms with Crippen LogP contribution in [0.1, 0.15) is 26.3 Å². The standard InChI is InChI=1S/C18H16N4O7S.C10H14/c1-27-13-4-2-3-5-14(13)29-15-17(21-30(25)26)19-16(20-18(15)28-11-10-23)12-6-8-22(24)9-7-12;1-10(2,3)9-7-5-4-6-8-9/h2-9,23H,10-11H2,1H3;4-8H,1-3H3. The van der Waals surface area contributed by atoms with E-state index in [0.717, 1.165) is 0 Å². The van der Waals surface area contributed by atoms with Crippen LogP contribution in [0.2, 0.25) is 0 Å². The number of para-hydroxylation sites is 2. The van der Waals surface area contributed by atoms with Crippen LogP contribution in [0.15, 0.2) is 83.5 Å². The van der Waals surface area contributed by atoms with E-state index in [1.807, 2.05) is 0 Å². The molecule has 2 aromatic carbocycles. The number of hydrogen-bond donors (Lipinski definition) is 1. The van der Waals surface area contributed by atoms with Crippen LogP contribution in [0, 0.1) is 5.21 Å². The maximum atomic E-state index is 11.3. The number of rotatable bonds is 8. The zero-order valence-corrected chi connectivity index (χ0v) is 23.3. The number of benzene rings is 2. The summed E-state index contributed by atoms with van der Waals surface area (Å²) in [5.74, 6) is -0.0118. The Morgan fingerprint density at radius 3 is 2.12 bits per heavy atom. The third kappa shape index (κ3) is 8.48. The summed E-state index contributed by atoms with van der Waals surface area (Å²) >= 11 is 0. The van der Waals surface area contributed by atoms with Gasteiger partial charge >= 0.3 is 10.5 Å². The van der Waals surface area contributed by atoms with Crippen LogP contribution in [0.3, 0.4) is 0 Å². The summed E-state index contributed by atoms with van der Waals surface area (Å²) in [4.78, 5) is 8.39. The van der Waals surface area contributed by atoms with Crippen LogP contribution >= 0.6 is 0 Å². The van der Waals surface area contributed by atoms with Crippen LogP contribution in [-0.2, 0) is 15.9 Å². The van der Waals surface area contributed by atoms with Gasteiger partial charge in [-0.3, -0.25) is 0 Å². The molecule has 0 radical (unpaired) electrons. The minimum atomic E-state index is -2.86. The highest BCUT2D eigenvalue weighted by Gasteiger charge is 2.21. The first kappa shape index (κ1) is 30.0. The Hall–Kier alpha value is -4.55. The Morgan fingerprint density at radius 2 is 1.57 bits per heavy atom. The predicted molar refractivity (Wildman–Crippen MR) is 148 cm³/mol. The van der Waals surface area contributed by atoms with Crippen molar-refractivity contribution in [1.29, 1.82) is 0 Å². The quantitative estimate of drug-likeness (QED) is 0.238. The molecule has 0 spiro atoms. The van der Waals surface area contributed by atoms with Crippen LogP contribution in [0.4, 0.5) is 5.82 Å². The fraction of sp³-hybridized carbons (Fsp3) is 0.250. The van der Waals surface area contributed by atoms with E-state index < -0.39 is 10.5 Å². The van der Waals surface area contributed by atoms with Crippen molar-refractivity contribution in [1.82, 2.24) is 9.97 Å². The second-order valence-electron chi connectivity index (χ2n) is 9.20. The van der Waals surface area contributed by atoms with Crippen molar-refractivity contribution in [2.75, 3.05) is 20.3 Å². The van der Waals surface area contributed by atoms with Crippen LogP contribution in [0.5, 0.6) is 23.1 Å². The summed E-state index contributed by atoms with van der Waals surface area (Å²) in [6.07, 6.45) is 2.46. The van der Waals surface area contributed by atoms with Gasteiger partial charge in [0.05, 0.1) is 13.7 Å². The molecule has 40 heavy (non-hydrogen) atoms. The number of methoxy groups -OCH3 is 1. The monoisotopic (exact) mass is 566 g/mol. The first-order chi connectivity index (χ1) is 19.1. The molecule has 0 saturated carbocycles. The van der Waals surface area contributed by atoms with Gasteiger partial charge in [0, 0.05) is 17.7 Å². The number of pyridine rings is 1. The van der Waals surface area contributed by atoms with E-state index >= 15 is 0 Å². The number of nitrogens with zero attached hydrogens (tertiary/aromatic N) is 4. The van der Waals surface area contributed by atoms with Gasteiger partial charge in [-0.2, -0.15) is 18.1 Å². The molecule has 0 amide bonds. The molecular formula is C28H30N4O7S. The van der Waals surface area contributed by atoms with Gasteiger partial charge < -0.3 is 24.5 Å². The molecule has 0 aliphatic heterocycles. The molecular weight excluding hydrogens is 536 g/mol. The average Bonchev–Trinajstić information content (AvgIpc) is 2.94. The SMILES string of the molecule is CC(C)(C)c1ccccc1.COc1ccccc1Oc1c(N=S(=O)=O)nc(-c2cc[n+]([O-])cc2)nc1OCCO. The molecule has 4 aromatic rings. The molecule has 12 heteroatoms. The smallest absolute Gasteiger partial charge is 0.318 e. The number of aliphatic hydroxyl groups is 1. The van der Waals surface area contributed by atoms with Crippen LogP contribution < -0.4 is 18.9 Å². The molecule has 210 valence electrons. The molecule has 0 aliphatic carbocycles. The van der Waals surface area contributed by atoms with E-state index in [9.17, 15) is 13.6 Å². The summed E-state index contributed by atoms with van der Waals surface area (Å²) in [6.45, 7) is 6.20. The topological polar surface area (TPSA) is 147 Å². The van der Waals surface area contributed by atoms with Crippen molar-refractivity contribution < 1.29 is 32.5 Å². The zero-order valence-electron chi connectivity index (χ0n) is 22.5. The molecule has 2 aromatic heterocycles. The highest BCUT2D eigenvalue weighted by atomic mass is 32.2. The van der Waals surface area contributed by atoms with Gasteiger partial charge in [0.15, 0.2) is 29.7 Å². The first-order valence-electron chi connectivity index (χ1n) is 12.1. The molecule has 11 nitrogen and oxygen atoms in total. The highest BCUT2D eigenvalue weighted by molar-refractivity contribution is 7.61. The summed E-state index contributed by atoms with van der Waals surface area (Å²) < 4.78 is 43.1. The Kier molecular flexibility index (Phi) is 10.5. The Morgan fingerprint density at radius 1 is 0.950 bits per heavy atom. The van der Waals surface area contributed by atoms with Crippen molar-refractivity contribution in [3.8, 4) is 34.5 Å². The van der Waals surface area contributed by atoms with Gasteiger partial charge in [0.1, 0.15) is 6.61 Å². The third-order valence-corrected chi connectivity index (χ3v) is 5.61. The van der Waals surface area contributed by atoms with Crippen molar-refractivity contribution in [2.24, 2.45) is 4.36 Å². The third-order valence-electron chi connectivity index (χ3n) is 5.29. The van der Waals surface area contributed by atoms with Crippen molar-refractivity contribution in [2.45, 2.75) is 26.2 Å². The summed E-state index contributed by atoms with van der Waals surface area (Å²) in [5, 5.41) is 20.4. The van der Waals surface area contributed by atoms with Gasteiger partial charge in [-0.1, -0.05) is 63.2 Å². The number of aliphatic hydroxyl groups excluding tert-OH is 1. The molecule has 0 saturated heterocycles. The fourth-order valence-electron chi connectivity index (χ4n) is 3.32. The minimum Gasteiger partial charge on any atom is -0.619 e. The van der Waals surface area contributed by atoms with Gasteiger partial charge in [0.25, 0.3) is 5.88 Å². The van der Waals surface area contributed by atoms with Crippen molar-refractivity contribution >= 4 is 16.3 Å². The fourth-order valence-corrected chi connectivity index (χ4v) is 3.59. The molecule has 2 heterocycles. The summed E-state index contributed by atoms with van der Waals surface area (Å²) in [5.41, 5.74) is 2.10. The number of hydrogen-bond acceptors (Lipinski definition) is 10. The van der Waals surface area contributed by atoms with E-state index in [1.165, 1.54) is 37.2 Å². The van der Waals surface area contributed by atoms with E-state index in [0.29, 0.717) is 21.5 Å². The first-order valence-corrected chi connectivity index (χ1v) is 13.2. The molecule has 0 bridgehead atoms. The normalized spacial score (nSPS) is 10.6. The van der Waals surface area contributed by atoms with Crippen LogP contribution in [-0.4, -0.2) is 43.8 Å². The molecule has 0 aliphatic rings. The van der Waals surface area contributed by atoms with Gasteiger partial charge in [-0.15, -0.1) is 4.36 Å². The number of aromatic nitrogens is 3. The lowest BCUT2D eigenvalue weighted by Gasteiger charge is -2.18. The highest BCUT2D eigenvalue weighted by Crippen LogP contribution is 2.42. The van der Waals surface area contributed by atoms with Crippen LogP contribution in [0.25, 0.3) is 11.4 Å². The average molecular weight is 567 g/mol. The molecule has 0 fully saturated rings. The lowest BCUT2D eigenvalue weighted by molar-refractivity contribution is -0.605. The number of ether oxygens (including phenoxy) is 3. The lowest BCUT2D eigenvalue weighted by atomic mass is 9.87. The Bertz CT molecular complexity index is 1530. The van der Waals surface area contributed by atoms with Gasteiger partial charge in [-0.05, 0) is 23.1 Å². The largest absolute Gasteiger partial charge is 0.619 e. The van der Waals surface area contributed by atoms with Crippen molar-refractivity contribution in [3.63, 3.8) is 0 Å². The maximum Gasteiger partial charge on any atom is 0.318 e. The van der Waals surface area contributed by atoms with E-state index in [4.69, 9.17) is 19.3 Å². The van der Waals surface area contributed by atoms with E-state index in [1.54, 1.807) is 24.3 Å². The lowest BCUT2D eigenvalue weighted by Crippen LogP contribution is -2.23.